The zero-order chi connectivity index (χ0) is 11.2. The van der Waals surface area contributed by atoms with Crippen molar-refractivity contribution in [2.75, 3.05) is 6.54 Å². The van der Waals surface area contributed by atoms with Gasteiger partial charge in [0.05, 0.1) is 6.10 Å². The molecule has 14 heavy (non-hydrogen) atoms. The fraction of sp³-hybridized carbons (Fsp3) is 0.909. The molecule has 0 heterocycles. The van der Waals surface area contributed by atoms with Crippen LogP contribution in [0.4, 0.5) is 0 Å². The summed E-state index contributed by atoms with van der Waals surface area (Å²) in [4.78, 5) is 11.7. The van der Waals surface area contributed by atoms with Crippen molar-refractivity contribution < 1.29 is 9.53 Å². The minimum atomic E-state index is -0.573. The SMILES string of the molecule is CCCC(C)OC(=O)C(C)(C)NCC. The molecule has 0 bridgehead atoms. The lowest BCUT2D eigenvalue weighted by Gasteiger charge is -2.25. The standard InChI is InChI=1S/C11H23NO2/c1-6-8-9(3)14-10(13)11(4,5)12-7-2/h9,12H,6-8H2,1-5H3. The van der Waals surface area contributed by atoms with Gasteiger partial charge in [0.2, 0.25) is 0 Å². The quantitative estimate of drug-likeness (QED) is 0.669. The molecular weight excluding hydrogens is 178 g/mol. The molecule has 1 unspecified atom stereocenters. The van der Waals surface area contributed by atoms with Crippen LogP contribution in [0.2, 0.25) is 0 Å². The Labute approximate surface area is 87.2 Å². The van der Waals surface area contributed by atoms with Gasteiger partial charge in [-0.3, -0.25) is 4.79 Å². The maximum atomic E-state index is 11.7. The predicted molar refractivity (Wildman–Crippen MR) is 58.2 cm³/mol. The fourth-order valence-electron chi connectivity index (χ4n) is 1.31. The molecule has 0 aromatic rings. The van der Waals surface area contributed by atoms with Crippen LogP contribution in [0.1, 0.15) is 47.5 Å². The minimum absolute atomic E-state index is 0.0189. The largest absolute Gasteiger partial charge is 0.461 e. The average molecular weight is 201 g/mol. The summed E-state index contributed by atoms with van der Waals surface area (Å²) < 4.78 is 5.31. The Morgan fingerprint density at radius 3 is 2.43 bits per heavy atom. The number of nitrogens with one attached hydrogen (secondary N) is 1. The number of likely N-dealkylation sites (N-methyl/N-ethyl adjacent to an activating group) is 1. The maximum absolute atomic E-state index is 11.7. The lowest BCUT2D eigenvalue weighted by molar-refractivity contribution is -0.155. The first-order valence-corrected chi connectivity index (χ1v) is 5.40. The minimum Gasteiger partial charge on any atom is -0.461 e. The average Bonchev–Trinajstić information content (AvgIpc) is 2.04. The highest BCUT2D eigenvalue weighted by atomic mass is 16.5. The van der Waals surface area contributed by atoms with Gasteiger partial charge in [-0.2, -0.15) is 0 Å². The van der Waals surface area contributed by atoms with Gasteiger partial charge >= 0.3 is 5.97 Å². The molecule has 3 heteroatoms. The van der Waals surface area contributed by atoms with Gasteiger partial charge in [0.25, 0.3) is 0 Å². The van der Waals surface area contributed by atoms with Crippen LogP contribution >= 0.6 is 0 Å². The molecule has 1 atom stereocenters. The van der Waals surface area contributed by atoms with Crippen molar-refractivity contribution in [3.05, 3.63) is 0 Å². The first-order chi connectivity index (χ1) is 6.44. The molecule has 1 N–H and O–H groups in total. The molecule has 84 valence electrons. The molecule has 0 saturated heterocycles. The van der Waals surface area contributed by atoms with Gasteiger partial charge in [-0.05, 0) is 33.7 Å². The molecule has 0 aliphatic rings. The van der Waals surface area contributed by atoms with Gasteiger partial charge in [-0.15, -0.1) is 0 Å². The number of hydrogen-bond donors (Lipinski definition) is 1. The third-order valence-electron chi connectivity index (χ3n) is 2.13. The van der Waals surface area contributed by atoms with E-state index in [0.29, 0.717) is 0 Å². The van der Waals surface area contributed by atoms with Crippen LogP contribution in [0.25, 0.3) is 0 Å². The molecule has 0 fully saturated rings. The molecule has 0 aliphatic heterocycles. The van der Waals surface area contributed by atoms with E-state index < -0.39 is 5.54 Å². The smallest absolute Gasteiger partial charge is 0.326 e. The topological polar surface area (TPSA) is 38.3 Å². The second-order valence-corrected chi connectivity index (χ2v) is 4.16. The van der Waals surface area contributed by atoms with Crippen molar-refractivity contribution in [2.24, 2.45) is 0 Å². The Morgan fingerprint density at radius 1 is 1.43 bits per heavy atom. The summed E-state index contributed by atoms with van der Waals surface area (Å²) in [6.07, 6.45) is 1.98. The van der Waals surface area contributed by atoms with Gasteiger partial charge in [0.1, 0.15) is 5.54 Å². The zero-order valence-electron chi connectivity index (χ0n) is 10.0. The Kier molecular flexibility index (Phi) is 5.77. The van der Waals surface area contributed by atoms with Crippen LogP contribution in [0.5, 0.6) is 0 Å². The van der Waals surface area contributed by atoms with E-state index in [2.05, 4.69) is 12.2 Å². The molecule has 0 radical (unpaired) electrons. The summed E-state index contributed by atoms with van der Waals surface area (Å²) in [5, 5.41) is 3.09. The second-order valence-electron chi connectivity index (χ2n) is 4.16. The van der Waals surface area contributed by atoms with Crippen LogP contribution in [0.3, 0.4) is 0 Å². The van der Waals surface area contributed by atoms with E-state index in [9.17, 15) is 4.79 Å². The van der Waals surface area contributed by atoms with Crippen molar-refractivity contribution >= 4 is 5.97 Å². The molecule has 0 spiro atoms. The van der Waals surface area contributed by atoms with Crippen LogP contribution in [0.15, 0.2) is 0 Å². The molecule has 0 aromatic heterocycles. The number of hydrogen-bond acceptors (Lipinski definition) is 3. The van der Waals surface area contributed by atoms with Gasteiger partial charge in [-0.25, -0.2) is 0 Å². The van der Waals surface area contributed by atoms with Crippen LogP contribution in [-0.4, -0.2) is 24.2 Å². The van der Waals surface area contributed by atoms with Gasteiger partial charge < -0.3 is 10.1 Å². The highest BCUT2D eigenvalue weighted by Gasteiger charge is 2.28. The maximum Gasteiger partial charge on any atom is 0.326 e. The summed E-state index contributed by atoms with van der Waals surface area (Å²) in [5.41, 5.74) is -0.573. The van der Waals surface area contributed by atoms with E-state index in [1.807, 2.05) is 27.7 Å². The molecule has 0 saturated carbocycles. The zero-order valence-corrected chi connectivity index (χ0v) is 10.0. The number of ether oxygens (including phenoxy) is 1. The summed E-state index contributed by atoms with van der Waals surface area (Å²) >= 11 is 0. The molecule has 0 amide bonds. The third kappa shape index (κ3) is 4.61. The molecule has 0 aromatic carbocycles. The van der Waals surface area contributed by atoms with Crippen molar-refractivity contribution in [1.29, 1.82) is 0 Å². The normalized spacial score (nSPS) is 13.8. The third-order valence-corrected chi connectivity index (χ3v) is 2.13. The highest BCUT2D eigenvalue weighted by molar-refractivity contribution is 5.79. The van der Waals surface area contributed by atoms with E-state index >= 15 is 0 Å². The van der Waals surface area contributed by atoms with Crippen LogP contribution < -0.4 is 5.32 Å². The fourth-order valence-corrected chi connectivity index (χ4v) is 1.31. The second kappa shape index (κ2) is 6.02. The monoisotopic (exact) mass is 201 g/mol. The molecule has 0 rings (SSSR count). The molecular formula is C11H23NO2. The summed E-state index contributed by atoms with van der Waals surface area (Å²) in [6.45, 7) is 10.5. The summed E-state index contributed by atoms with van der Waals surface area (Å²) in [5.74, 6) is -0.166. The van der Waals surface area contributed by atoms with Gasteiger partial charge in [-0.1, -0.05) is 20.3 Å². The van der Waals surface area contributed by atoms with E-state index in [0.717, 1.165) is 19.4 Å². The van der Waals surface area contributed by atoms with E-state index in [-0.39, 0.29) is 12.1 Å². The number of rotatable bonds is 6. The Bertz CT molecular complexity index is 178. The van der Waals surface area contributed by atoms with Crippen molar-refractivity contribution in [1.82, 2.24) is 5.32 Å². The van der Waals surface area contributed by atoms with Crippen molar-refractivity contribution in [3.63, 3.8) is 0 Å². The lowest BCUT2D eigenvalue weighted by atomic mass is 10.1. The Morgan fingerprint density at radius 2 is 2.00 bits per heavy atom. The number of esters is 1. The van der Waals surface area contributed by atoms with Gasteiger partial charge in [0.15, 0.2) is 0 Å². The Hall–Kier alpha value is -0.570. The summed E-state index contributed by atoms with van der Waals surface area (Å²) in [7, 11) is 0. The predicted octanol–water partition coefficient (Wildman–Crippen LogP) is 2.11. The summed E-state index contributed by atoms with van der Waals surface area (Å²) in [6, 6.07) is 0. The van der Waals surface area contributed by atoms with Crippen molar-refractivity contribution in [2.45, 2.75) is 59.1 Å². The molecule has 3 nitrogen and oxygen atoms in total. The first kappa shape index (κ1) is 13.4. The highest BCUT2D eigenvalue weighted by Crippen LogP contribution is 2.09. The van der Waals surface area contributed by atoms with E-state index in [1.54, 1.807) is 0 Å². The number of carbonyl (C=O) groups is 1. The van der Waals surface area contributed by atoms with Crippen LogP contribution in [-0.2, 0) is 9.53 Å². The first-order valence-electron chi connectivity index (χ1n) is 5.40. The molecule has 0 aliphatic carbocycles. The van der Waals surface area contributed by atoms with E-state index in [1.165, 1.54) is 0 Å². The van der Waals surface area contributed by atoms with E-state index in [4.69, 9.17) is 4.74 Å². The van der Waals surface area contributed by atoms with Crippen LogP contribution in [0, 0.1) is 0 Å². The lowest BCUT2D eigenvalue weighted by Crippen LogP contribution is -2.48. The van der Waals surface area contributed by atoms with Crippen molar-refractivity contribution in [3.8, 4) is 0 Å². The number of carbonyl (C=O) groups excluding carboxylic acids is 1. The van der Waals surface area contributed by atoms with Gasteiger partial charge in [0, 0.05) is 0 Å². The Balaban J connectivity index is 4.05.